The molecule has 0 aliphatic rings. The maximum atomic E-state index is 9.26. The van der Waals surface area contributed by atoms with Crippen molar-refractivity contribution in [2.24, 2.45) is 0 Å². The van der Waals surface area contributed by atoms with Crippen molar-refractivity contribution in [1.29, 1.82) is 0 Å². The fourth-order valence-corrected chi connectivity index (χ4v) is 2.83. The van der Waals surface area contributed by atoms with Gasteiger partial charge in [0.2, 0.25) is 0 Å². The number of benzene rings is 1. The van der Waals surface area contributed by atoms with Crippen LogP contribution in [0.15, 0.2) is 30.3 Å². The predicted octanol–water partition coefficient (Wildman–Crippen LogP) is 4.55. The Morgan fingerprint density at radius 2 is 1.36 bits per heavy atom. The number of carboxylic acid groups (broad SMARTS) is 1. The number of rotatable bonds is 12. The largest absolute Gasteiger partial charge is 0.550 e. The Kier molecular flexibility index (Phi) is 14.1. The van der Waals surface area contributed by atoms with E-state index in [0.29, 0.717) is 0 Å². The lowest BCUT2D eigenvalue weighted by Crippen LogP contribution is -2.39. The molecular formula is C22H39NO2. The van der Waals surface area contributed by atoms with Crippen molar-refractivity contribution in [3.63, 3.8) is 0 Å². The molecule has 3 heteroatoms. The molecule has 144 valence electrons. The topological polar surface area (TPSA) is 40.1 Å². The molecule has 0 atom stereocenters. The Morgan fingerprint density at radius 1 is 0.880 bits per heavy atom. The van der Waals surface area contributed by atoms with Gasteiger partial charge in [-0.3, -0.25) is 0 Å². The maximum Gasteiger partial charge on any atom is 0.104 e. The van der Waals surface area contributed by atoms with Crippen LogP contribution in [0, 0.1) is 0 Å². The zero-order chi connectivity index (χ0) is 19.0. The molecule has 3 nitrogen and oxygen atoms in total. The van der Waals surface area contributed by atoms with Crippen molar-refractivity contribution < 1.29 is 14.4 Å². The molecule has 0 spiro atoms. The highest BCUT2D eigenvalue weighted by molar-refractivity contribution is 5.63. The maximum absolute atomic E-state index is 9.26. The summed E-state index contributed by atoms with van der Waals surface area (Å²) in [5.41, 5.74) is 1.46. The third kappa shape index (κ3) is 15.9. The van der Waals surface area contributed by atoms with Crippen LogP contribution in [0.2, 0.25) is 0 Å². The molecule has 1 rings (SSSR count). The van der Waals surface area contributed by atoms with Gasteiger partial charge in [-0.05, 0) is 19.3 Å². The van der Waals surface area contributed by atoms with Gasteiger partial charge >= 0.3 is 0 Å². The first-order chi connectivity index (χ1) is 11.9. The Hall–Kier alpha value is -1.35. The molecule has 0 bridgehead atoms. The van der Waals surface area contributed by atoms with Crippen molar-refractivity contribution in [2.45, 2.75) is 78.2 Å². The highest BCUT2D eigenvalue weighted by Crippen LogP contribution is 2.13. The van der Waals surface area contributed by atoms with Crippen LogP contribution in [0.4, 0.5) is 0 Å². The number of carbonyl (C=O) groups excluding carboxylic acids is 1. The normalized spacial score (nSPS) is 10.9. The minimum atomic E-state index is -0.995. The van der Waals surface area contributed by atoms with E-state index < -0.39 is 5.97 Å². The molecule has 0 aliphatic carbocycles. The minimum Gasteiger partial charge on any atom is -0.550 e. The van der Waals surface area contributed by atoms with Gasteiger partial charge in [0.15, 0.2) is 0 Å². The number of carbonyl (C=O) groups is 1. The Bertz CT molecular complexity index is 429. The van der Waals surface area contributed by atoms with E-state index in [0.717, 1.165) is 11.0 Å². The zero-order valence-corrected chi connectivity index (χ0v) is 16.9. The third-order valence-electron chi connectivity index (χ3n) is 4.36. The molecular weight excluding hydrogens is 310 g/mol. The first-order valence-electron chi connectivity index (χ1n) is 9.97. The quantitative estimate of drug-likeness (QED) is 0.410. The van der Waals surface area contributed by atoms with Gasteiger partial charge in [0.25, 0.3) is 0 Å². The average Bonchev–Trinajstić information content (AvgIpc) is 2.58. The van der Waals surface area contributed by atoms with Crippen molar-refractivity contribution in [2.75, 3.05) is 20.6 Å². The number of aliphatic carboxylic acids is 1. The molecule has 25 heavy (non-hydrogen) atoms. The summed E-state index contributed by atoms with van der Waals surface area (Å²) in [5.74, 6) is -0.995. The highest BCUT2D eigenvalue weighted by Gasteiger charge is 2.14. The highest BCUT2D eigenvalue weighted by atomic mass is 16.4. The van der Waals surface area contributed by atoms with E-state index in [1.165, 1.54) is 70.4 Å². The molecule has 0 saturated heterocycles. The average molecular weight is 350 g/mol. The van der Waals surface area contributed by atoms with E-state index in [1.807, 2.05) is 0 Å². The number of unbranched alkanes of at least 4 members (excludes halogenated alkanes) is 7. The van der Waals surface area contributed by atoms with Crippen molar-refractivity contribution >= 4 is 5.97 Å². The van der Waals surface area contributed by atoms with Crippen LogP contribution in [-0.4, -0.2) is 31.1 Å². The van der Waals surface area contributed by atoms with Gasteiger partial charge in [-0.2, -0.15) is 0 Å². The third-order valence-corrected chi connectivity index (χ3v) is 4.36. The van der Waals surface area contributed by atoms with E-state index in [2.05, 4.69) is 51.4 Å². The van der Waals surface area contributed by atoms with Gasteiger partial charge in [-0.15, -0.1) is 0 Å². The van der Waals surface area contributed by atoms with Crippen LogP contribution in [0.25, 0.3) is 0 Å². The number of hydrogen-bond acceptors (Lipinski definition) is 2. The van der Waals surface area contributed by atoms with Crippen molar-refractivity contribution in [3.8, 4) is 0 Å². The summed E-state index contributed by atoms with van der Waals surface area (Å²) in [7, 11) is 4.71. The van der Waals surface area contributed by atoms with Gasteiger partial charge in [0, 0.05) is 11.5 Å². The molecule has 0 N–H and O–H groups in total. The number of nitrogens with zero attached hydrogens (tertiary/aromatic N) is 1. The molecule has 0 aromatic heterocycles. The second-order valence-electron chi connectivity index (χ2n) is 7.50. The fraction of sp³-hybridized carbons (Fsp3) is 0.682. The lowest BCUT2D eigenvalue weighted by atomic mass is 10.1. The van der Waals surface area contributed by atoms with Gasteiger partial charge in [0.1, 0.15) is 6.54 Å². The first-order valence-corrected chi connectivity index (χ1v) is 9.97. The summed E-state index contributed by atoms with van der Waals surface area (Å²) in [6.45, 7) is 6.27. The van der Waals surface area contributed by atoms with Crippen LogP contribution < -0.4 is 5.11 Å². The summed E-state index contributed by atoms with van der Waals surface area (Å²) >= 11 is 0. The molecule has 1 aromatic carbocycles. The fourth-order valence-electron chi connectivity index (χ4n) is 2.83. The second-order valence-corrected chi connectivity index (χ2v) is 7.50. The van der Waals surface area contributed by atoms with Gasteiger partial charge in [0.05, 0.1) is 20.6 Å². The van der Waals surface area contributed by atoms with E-state index in [-0.39, 0.29) is 6.42 Å². The Balaban J connectivity index is 0.00000101. The number of quaternary nitrogens is 1. The molecule has 0 heterocycles. The molecule has 0 radical (unpaired) electrons. The summed E-state index contributed by atoms with van der Waals surface area (Å²) in [6.07, 6.45) is 11.4. The lowest BCUT2D eigenvalue weighted by Gasteiger charge is -2.30. The summed E-state index contributed by atoms with van der Waals surface area (Å²) < 4.78 is 1.11. The monoisotopic (exact) mass is 349 g/mol. The summed E-state index contributed by atoms with van der Waals surface area (Å²) in [5, 5.41) is 9.26. The van der Waals surface area contributed by atoms with Crippen molar-refractivity contribution in [1.82, 2.24) is 0 Å². The number of hydrogen-bond donors (Lipinski definition) is 0. The smallest absolute Gasteiger partial charge is 0.104 e. The van der Waals surface area contributed by atoms with E-state index >= 15 is 0 Å². The second kappa shape index (κ2) is 14.9. The van der Waals surface area contributed by atoms with Crippen LogP contribution >= 0.6 is 0 Å². The molecule has 0 unspecified atom stereocenters. The molecule has 0 amide bonds. The predicted molar refractivity (Wildman–Crippen MR) is 105 cm³/mol. The molecule has 0 aliphatic heterocycles. The molecule has 0 fully saturated rings. The summed E-state index contributed by atoms with van der Waals surface area (Å²) in [6, 6.07) is 10.9. The van der Waals surface area contributed by atoms with E-state index in [9.17, 15) is 9.90 Å². The first kappa shape index (κ1) is 23.6. The van der Waals surface area contributed by atoms with Crippen LogP contribution in [0.1, 0.15) is 77.2 Å². The SMILES string of the molecule is CCC(=O)[O-].CCCCCCCCCC[N+](C)(C)Cc1ccccc1. The van der Waals surface area contributed by atoms with Crippen LogP contribution in [0.3, 0.4) is 0 Å². The molecule has 0 saturated carbocycles. The van der Waals surface area contributed by atoms with Gasteiger partial charge in [-0.25, -0.2) is 0 Å². The molecule has 1 aromatic rings. The zero-order valence-electron chi connectivity index (χ0n) is 16.9. The van der Waals surface area contributed by atoms with Crippen molar-refractivity contribution in [3.05, 3.63) is 35.9 Å². The summed E-state index contributed by atoms with van der Waals surface area (Å²) in [4.78, 5) is 9.26. The van der Waals surface area contributed by atoms with Crippen LogP contribution in [0.5, 0.6) is 0 Å². The minimum absolute atomic E-state index is 0.111. The van der Waals surface area contributed by atoms with Gasteiger partial charge < -0.3 is 14.4 Å². The number of carboxylic acids is 1. The Labute approximate surface area is 155 Å². The lowest BCUT2D eigenvalue weighted by molar-refractivity contribution is -0.903. The van der Waals surface area contributed by atoms with Crippen LogP contribution in [-0.2, 0) is 11.3 Å². The Morgan fingerprint density at radius 3 is 1.84 bits per heavy atom. The van der Waals surface area contributed by atoms with Gasteiger partial charge in [-0.1, -0.05) is 82.7 Å². The van der Waals surface area contributed by atoms with E-state index in [1.54, 1.807) is 0 Å². The van der Waals surface area contributed by atoms with E-state index in [4.69, 9.17) is 0 Å². The standard InChI is InChI=1S/C19H34N.C3H6O2/c1-4-5-6-7-8-9-10-14-17-20(2,3)18-19-15-12-11-13-16-19;1-2-3(4)5/h11-13,15-16H,4-10,14,17-18H2,1-3H3;2H2,1H3,(H,4,5)/q+1;/p-1.